The maximum absolute atomic E-state index is 12.4. The Kier molecular flexibility index (Phi) is 2.66. The summed E-state index contributed by atoms with van der Waals surface area (Å²) >= 11 is 3.36. The minimum Gasteiger partial charge on any atom is -0.244 e. The van der Waals surface area contributed by atoms with Crippen molar-refractivity contribution in [2.24, 2.45) is 4.36 Å². The number of halogens is 1. The molecule has 1 unspecified atom stereocenters. The molecule has 1 aromatic carbocycles. The molecule has 4 heteroatoms. The predicted molar refractivity (Wildman–Crippen MR) is 61.9 cm³/mol. The molecule has 14 heavy (non-hydrogen) atoms. The van der Waals surface area contributed by atoms with Gasteiger partial charge in [-0.3, -0.25) is 0 Å². The molecule has 0 amide bonds. The van der Waals surface area contributed by atoms with Gasteiger partial charge in [0.05, 0.1) is 9.73 Å². The Bertz CT molecular complexity index is 442. The molecule has 1 aliphatic carbocycles. The molecule has 2 rings (SSSR count). The van der Waals surface area contributed by atoms with Crippen LogP contribution in [0.1, 0.15) is 12.8 Å². The number of benzene rings is 1. The lowest BCUT2D eigenvalue weighted by Gasteiger charge is -2.07. The number of hydrogen-bond acceptors (Lipinski definition) is 2. The van der Waals surface area contributed by atoms with Gasteiger partial charge >= 0.3 is 0 Å². The van der Waals surface area contributed by atoms with E-state index in [2.05, 4.69) is 20.3 Å². The standard InChI is InChI=1S/C10H12BrNOS/c1-12-14(13,10-6-7-10)9-4-2-8(11)3-5-9/h2-5,10H,6-7H2,1H3. The molecule has 76 valence electrons. The molecule has 0 heterocycles. The van der Waals surface area contributed by atoms with Gasteiger partial charge in [0, 0.05) is 21.7 Å². The Labute approximate surface area is 93.0 Å². The SMILES string of the molecule is CN=S(=O)(c1ccc(Br)cc1)C1CC1. The number of rotatable bonds is 2. The van der Waals surface area contributed by atoms with Crippen LogP contribution in [0, 0.1) is 0 Å². The van der Waals surface area contributed by atoms with Crippen LogP contribution in [-0.4, -0.2) is 16.5 Å². The second kappa shape index (κ2) is 3.66. The van der Waals surface area contributed by atoms with E-state index in [0.717, 1.165) is 22.2 Å². The van der Waals surface area contributed by atoms with Gasteiger partial charge in [0.15, 0.2) is 0 Å². The summed E-state index contributed by atoms with van der Waals surface area (Å²) in [5, 5.41) is 0.286. The second-order valence-electron chi connectivity index (χ2n) is 3.40. The molecule has 2 nitrogen and oxygen atoms in total. The molecule has 1 fully saturated rings. The van der Waals surface area contributed by atoms with Crippen molar-refractivity contribution >= 4 is 25.7 Å². The fraction of sp³-hybridized carbons (Fsp3) is 0.400. The van der Waals surface area contributed by atoms with Crippen LogP contribution in [0.2, 0.25) is 0 Å². The van der Waals surface area contributed by atoms with E-state index in [4.69, 9.17) is 0 Å². The van der Waals surface area contributed by atoms with Gasteiger partial charge in [-0.1, -0.05) is 15.9 Å². The molecular weight excluding hydrogens is 262 g/mol. The van der Waals surface area contributed by atoms with Crippen molar-refractivity contribution in [2.75, 3.05) is 7.05 Å². The molecule has 0 radical (unpaired) electrons. The number of nitrogens with zero attached hydrogens (tertiary/aromatic N) is 1. The van der Waals surface area contributed by atoms with Crippen LogP contribution in [0.5, 0.6) is 0 Å². The van der Waals surface area contributed by atoms with Gasteiger partial charge in [-0.15, -0.1) is 0 Å². The third-order valence-corrected chi connectivity index (χ3v) is 5.79. The molecule has 0 saturated heterocycles. The Hall–Kier alpha value is -0.350. The predicted octanol–water partition coefficient (Wildman–Crippen LogP) is 3.07. The molecule has 1 aromatic rings. The summed E-state index contributed by atoms with van der Waals surface area (Å²) in [6.07, 6.45) is 2.10. The van der Waals surface area contributed by atoms with Crippen LogP contribution in [0.15, 0.2) is 38.0 Å². The summed E-state index contributed by atoms with van der Waals surface area (Å²) in [6, 6.07) is 7.64. The Morgan fingerprint density at radius 3 is 2.36 bits per heavy atom. The first-order valence-corrected chi connectivity index (χ1v) is 6.93. The maximum Gasteiger partial charge on any atom is 0.0778 e. The van der Waals surface area contributed by atoms with E-state index in [1.165, 1.54) is 0 Å². The quantitative estimate of drug-likeness (QED) is 0.815. The van der Waals surface area contributed by atoms with Gasteiger partial charge in [-0.05, 0) is 37.1 Å². The second-order valence-corrected chi connectivity index (χ2v) is 6.96. The minimum atomic E-state index is -2.12. The first kappa shape index (κ1) is 10.2. The highest BCUT2D eigenvalue weighted by Crippen LogP contribution is 2.35. The topological polar surface area (TPSA) is 29.4 Å². The third kappa shape index (κ3) is 1.73. The summed E-state index contributed by atoms with van der Waals surface area (Å²) in [5.41, 5.74) is 0. The van der Waals surface area contributed by atoms with Crippen molar-refractivity contribution in [3.63, 3.8) is 0 Å². The van der Waals surface area contributed by atoms with E-state index in [0.29, 0.717) is 0 Å². The number of hydrogen-bond donors (Lipinski definition) is 0. The molecule has 0 bridgehead atoms. The first-order chi connectivity index (χ1) is 6.66. The van der Waals surface area contributed by atoms with E-state index >= 15 is 0 Å². The normalized spacial score (nSPS) is 20.1. The maximum atomic E-state index is 12.4. The van der Waals surface area contributed by atoms with E-state index in [-0.39, 0.29) is 5.25 Å². The molecule has 1 aliphatic rings. The van der Waals surface area contributed by atoms with Crippen LogP contribution in [-0.2, 0) is 9.73 Å². The van der Waals surface area contributed by atoms with E-state index in [1.807, 2.05) is 24.3 Å². The van der Waals surface area contributed by atoms with Crippen molar-refractivity contribution in [1.82, 2.24) is 0 Å². The highest BCUT2D eigenvalue weighted by Gasteiger charge is 2.34. The van der Waals surface area contributed by atoms with Crippen LogP contribution in [0.25, 0.3) is 0 Å². The fourth-order valence-electron chi connectivity index (χ4n) is 1.46. The Balaban J connectivity index is 2.47. The van der Waals surface area contributed by atoms with Crippen LogP contribution in [0.3, 0.4) is 0 Å². The zero-order valence-corrected chi connectivity index (χ0v) is 10.3. The van der Waals surface area contributed by atoms with Crippen molar-refractivity contribution in [3.8, 4) is 0 Å². The Morgan fingerprint density at radius 2 is 1.93 bits per heavy atom. The van der Waals surface area contributed by atoms with Crippen molar-refractivity contribution in [2.45, 2.75) is 23.0 Å². The van der Waals surface area contributed by atoms with Crippen LogP contribution in [0.4, 0.5) is 0 Å². The zero-order chi connectivity index (χ0) is 10.2. The van der Waals surface area contributed by atoms with Crippen LogP contribution < -0.4 is 0 Å². The Morgan fingerprint density at radius 1 is 1.36 bits per heavy atom. The van der Waals surface area contributed by atoms with E-state index in [9.17, 15) is 4.21 Å². The lowest BCUT2D eigenvalue weighted by Crippen LogP contribution is -2.06. The van der Waals surface area contributed by atoms with Gasteiger partial charge in [0.25, 0.3) is 0 Å². The average molecular weight is 274 g/mol. The zero-order valence-electron chi connectivity index (χ0n) is 7.94. The summed E-state index contributed by atoms with van der Waals surface area (Å²) < 4.78 is 17.6. The van der Waals surface area contributed by atoms with Gasteiger partial charge < -0.3 is 0 Å². The molecule has 0 N–H and O–H groups in total. The van der Waals surface area contributed by atoms with Crippen LogP contribution >= 0.6 is 15.9 Å². The molecular formula is C10H12BrNOS. The monoisotopic (exact) mass is 273 g/mol. The minimum absolute atomic E-state index is 0.286. The molecule has 0 aromatic heterocycles. The van der Waals surface area contributed by atoms with Gasteiger partial charge in [0.1, 0.15) is 0 Å². The van der Waals surface area contributed by atoms with Gasteiger partial charge in [-0.25, -0.2) is 8.57 Å². The van der Waals surface area contributed by atoms with Crippen molar-refractivity contribution < 1.29 is 4.21 Å². The summed E-state index contributed by atoms with van der Waals surface area (Å²) in [4.78, 5) is 0.866. The van der Waals surface area contributed by atoms with Crippen molar-refractivity contribution in [3.05, 3.63) is 28.7 Å². The first-order valence-electron chi connectivity index (χ1n) is 4.56. The van der Waals surface area contributed by atoms with Crippen molar-refractivity contribution in [1.29, 1.82) is 0 Å². The summed E-state index contributed by atoms with van der Waals surface area (Å²) in [7, 11) is -0.468. The molecule has 0 aliphatic heterocycles. The average Bonchev–Trinajstić information content (AvgIpc) is 3.01. The largest absolute Gasteiger partial charge is 0.244 e. The lowest BCUT2D eigenvalue weighted by atomic mass is 10.4. The van der Waals surface area contributed by atoms with Gasteiger partial charge in [-0.2, -0.15) is 0 Å². The summed E-state index contributed by atoms with van der Waals surface area (Å²) in [6.45, 7) is 0. The highest BCUT2D eigenvalue weighted by molar-refractivity contribution is 9.10. The fourth-order valence-corrected chi connectivity index (χ4v) is 3.92. The third-order valence-electron chi connectivity index (χ3n) is 2.40. The van der Waals surface area contributed by atoms with Gasteiger partial charge in [0.2, 0.25) is 0 Å². The molecule has 1 atom stereocenters. The molecule has 1 saturated carbocycles. The van der Waals surface area contributed by atoms with E-state index in [1.54, 1.807) is 7.05 Å². The highest BCUT2D eigenvalue weighted by atomic mass is 79.9. The smallest absolute Gasteiger partial charge is 0.0778 e. The summed E-state index contributed by atoms with van der Waals surface area (Å²) in [5.74, 6) is 0. The van der Waals surface area contributed by atoms with E-state index < -0.39 is 9.73 Å². The molecule has 0 spiro atoms. The lowest BCUT2D eigenvalue weighted by molar-refractivity contribution is 0.675.